The van der Waals surface area contributed by atoms with E-state index in [-0.39, 0.29) is 32.1 Å². The maximum Gasteiger partial charge on any atom is 0.323 e. The molecule has 0 bridgehead atoms. The van der Waals surface area contributed by atoms with Crippen molar-refractivity contribution in [1.29, 1.82) is 0 Å². The average molecular weight is 798 g/mol. The molecule has 4 N–H and O–H groups in total. The molecule has 5 heterocycles. The van der Waals surface area contributed by atoms with Gasteiger partial charge < -0.3 is 44.4 Å². The van der Waals surface area contributed by atoms with Crippen LogP contribution < -0.4 is 34.4 Å². The van der Waals surface area contributed by atoms with E-state index in [0.717, 1.165) is 111 Å². The lowest BCUT2D eigenvalue weighted by Crippen LogP contribution is -2.45. The quantitative estimate of drug-likeness (QED) is 0.0897. The van der Waals surface area contributed by atoms with Crippen LogP contribution >= 0.6 is 0 Å². The molecule has 0 spiro atoms. The molecular formula is C43H49N4O11+. The van der Waals surface area contributed by atoms with Crippen molar-refractivity contribution in [3.8, 4) is 17.2 Å². The Bertz CT molecular complexity index is 2270. The average Bonchev–Trinajstić information content (AvgIpc) is 3.18. The van der Waals surface area contributed by atoms with Gasteiger partial charge >= 0.3 is 23.9 Å². The van der Waals surface area contributed by atoms with Crippen molar-refractivity contribution in [2.24, 2.45) is 0 Å². The van der Waals surface area contributed by atoms with E-state index >= 15 is 0 Å². The zero-order chi connectivity index (χ0) is 40.5. The molecule has 3 aromatic rings. The first-order chi connectivity index (χ1) is 28.0. The number of hydrogen-bond acceptors (Lipinski definition) is 10. The molecule has 0 aliphatic carbocycles. The van der Waals surface area contributed by atoms with E-state index in [9.17, 15) is 29.4 Å². The van der Waals surface area contributed by atoms with Gasteiger partial charge in [-0.1, -0.05) is 6.07 Å². The molecule has 8 rings (SSSR count). The number of nitrogens with zero attached hydrogens (tertiary/aromatic N) is 4. The van der Waals surface area contributed by atoms with E-state index < -0.39 is 50.1 Å². The Morgan fingerprint density at radius 2 is 1.40 bits per heavy atom. The second-order valence-electron chi connectivity index (χ2n) is 15.6. The molecule has 3 aromatic carbocycles. The Hall–Kier alpha value is -5.67. The first-order valence-corrected chi connectivity index (χ1v) is 20.2. The number of hydrogen-bond donors (Lipinski definition) is 4. The normalized spacial score (nSPS) is 16.1. The summed E-state index contributed by atoms with van der Waals surface area (Å²) in [6.07, 6.45) is 7.96. The third kappa shape index (κ3) is 7.92. The second kappa shape index (κ2) is 16.7. The highest BCUT2D eigenvalue weighted by atomic mass is 16.5. The fourth-order valence-corrected chi connectivity index (χ4v) is 9.53. The highest BCUT2D eigenvalue weighted by Gasteiger charge is 2.36. The van der Waals surface area contributed by atoms with Crippen molar-refractivity contribution >= 4 is 40.8 Å². The van der Waals surface area contributed by atoms with Gasteiger partial charge in [0.25, 0.3) is 0 Å². The molecule has 0 amide bonds. The topological polar surface area (TPSA) is 190 Å². The minimum Gasteiger partial charge on any atom is -0.489 e. The van der Waals surface area contributed by atoms with Crippen molar-refractivity contribution in [3.05, 3.63) is 74.3 Å². The minimum atomic E-state index is -1.20. The molecule has 0 fully saturated rings. The molecule has 306 valence electrons. The number of ether oxygens (including phenoxy) is 3. The molecular weight excluding hydrogens is 748 g/mol. The first-order valence-electron chi connectivity index (χ1n) is 20.2. The van der Waals surface area contributed by atoms with Crippen LogP contribution in [0.25, 0.3) is 5.57 Å². The number of rotatable bonds is 17. The van der Waals surface area contributed by atoms with Crippen LogP contribution in [0.4, 0.5) is 11.4 Å². The van der Waals surface area contributed by atoms with E-state index in [1.807, 2.05) is 12.1 Å². The van der Waals surface area contributed by atoms with Gasteiger partial charge in [-0.3, -0.25) is 24.1 Å². The van der Waals surface area contributed by atoms with E-state index in [4.69, 9.17) is 24.4 Å². The molecule has 0 saturated carbocycles. The monoisotopic (exact) mass is 797 g/mol. The van der Waals surface area contributed by atoms with E-state index in [1.54, 1.807) is 6.07 Å². The molecule has 0 atom stereocenters. The summed E-state index contributed by atoms with van der Waals surface area (Å²) in [6.45, 7) is 2.20. The van der Waals surface area contributed by atoms with Crippen molar-refractivity contribution in [2.75, 3.05) is 88.5 Å². The molecule has 58 heavy (non-hydrogen) atoms. The van der Waals surface area contributed by atoms with Gasteiger partial charge in [-0.2, -0.15) is 0 Å². The number of anilines is 2. The zero-order valence-electron chi connectivity index (χ0n) is 32.5. The lowest BCUT2D eigenvalue weighted by Gasteiger charge is -2.39. The van der Waals surface area contributed by atoms with Gasteiger partial charge in [0.05, 0.1) is 37.6 Å². The van der Waals surface area contributed by atoms with Crippen LogP contribution in [0.1, 0.15) is 59.1 Å². The van der Waals surface area contributed by atoms with Crippen LogP contribution in [-0.2, 0) is 49.6 Å². The van der Waals surface area contributed by atoms with Crippen LogP contribution in [0.15, 0.2) is 30.3 Å². The summed E-state index contributed by atoms with van der Waals surface area (Å²) in [7, 11) is 0. The first kappa shape index (κ1) is 39.2. The van der Waals surface area contributed by atoms with Gasteiger partial charge in [0, 0.05) is 65.6 Å². The Kier molecular flexibility index (Phi) is 11.3. The van der Waals surface area contributed by atoms with Gasteiger partial charge in [-0.25, -0.2) is 4.58 Å². The maximum absolute atomic E-state index is 12.0. The van der Waals surface area contributed by atoms with Crippen LogP contribution in [0.2, 0.25) is 0 Å². The fourth-order valence-electron chi connectivity index (χ4n) is 9.53. The zero-order valence-corrected chi connectivity index (χ0v) is 32.5. The summed E-state index contributed by atoms with van der Waals surface area (Å²) >= 11 is 0. The number of aliphatic carboxylic acids is 4. The number of fused-ring (bicyclic) bond motifs is 4. The number of benzene rings is 3. The summed E-state index contributed by atoms with van der Waals surface area (Å²) in [5.41, 5.74) is 9.50. The van der Waals surface area contributed by atoms with Crippen LogP contribution in [0, 0.1) is 0 Å². The second-order valence-corrected chi connectivity index (χ2v) is 15.6. The number of carboxylic acids is 4. The highest BCUT2D eigenvalue weighted by molar-refractivity contribution is 5.91. The molecule has 15 heteroatoms. The lowest BCUT2D eigenvalue weighted by molar-refractivity contribution is -0.142. The summed E-state index contributed by atoms with van der Waals surface area (Å²) in [4.78, 5) is 51.4. The summed E-state index contributed by atoms with van der Waals surface area (Å²) in [5, 5.41) is 40.2. The van der Waals surface area contributed by atoms with Crippen LogP contribution in [-0.4, -0.2) is 128 Å². The summed E-state index contributed by atoms with van der Waals surface area (Å²) in [5.74, 6) is -2.66. The Morgan fingerprint density at radius 3 is 2.12 bits per heavy atom. The predicted molar refractivity (Wildman–Crippen MR) is 212 cm³/mol. The Labute approximate surface area is 334 Å². The van der Waals surface area contributed by atoms with Gasteiger partial charge in [-0.05, 0) is 73.9 Å². The van der Waals surface area contributed by atoms with Crippen molar-refractivity contribution in [2.45, 2.75) is 51.4 Å². The van der Waals surface area contributed by atoms with E-state index in [2.05, 4.69) is 21.6 Å². The SMILES string of the molecule is O=C(O)CN(CCOCCOc1cc(C2=c3cc4c5c(c3Oc3c2cc2c6c3CCCN6CCC2)CCC[N+]=5CCC4)ccc1N(CC(=O)O)CC(=O)O)CC(=O)O. The molecule has 0 aromatic heterocycles. The molecule has 15 nitrogen and oxygen atoms in total. The molecule has 0 radical (unpaired) electrons. The van der Waals surface area contributed by atoms with Crippen LogP contribution in [0.5, 0.6) is 17.2 Å². The summed E-state index contributed by atoms with van der Waals surface area (Å²) < 4.78 is 21.7. The Morgan fingerprint density at radius 1 is 0.724 bits per heavy atom. The van der Waals surface area contributed by atoms with Crippen molar-refractivity contribution in [1.82, 2.24) is 9.48 Å². The van der Waals surface area contributed by atoms with E-state index in [0.29, 0.717) is 5.69 Å². The van der Waals surface area contributed by atoms with Crippen LogP contribution in [0.3, 0.4) is 0 Å². The molecule has 5 aliphatic rings. The van der Waals surface area contributed by atoms with Gasteiger partial charge in [-0.15, -0.1) is 0 Å². The number of aryl methyl sites for hydroxylation is 2. The number of carboxylic acid groups (broad SMARTS) is 4. The molecule has 0 saturated heterocycles. The van der Waals surface area contributed by atoms with Crippen molar-refractivity contribution < 1.29 is 53.8 Å². The Balaban J connectivity index is 1.23. The summed E-state index contributed by atoms with van der Waals surface area (Å²) in [6, 6.07) is 10.1. The third-order valence-corrected chi connectivity index (χ3v) is 11.7. The molecule has 5 aliphatic heterocycles. The largest absolute Gasteiger partial charge is 0.489 e. The maximum atomic E-state index is 12.0. The van der Waals surface area contributed by atoms with E-state index in [1.165, 1.54) is 43.1 Å². The third-order valence-electron chi connectivity index (χ3n) is 11.7. The fraction of sp³-hybridized carbons (Fsp3) is 0.465. The highest BCUT2D eigenvalue weighted by Crippen LogP contribution is 2.49. The smallest absolute Gasteiger partial charge is 0.323 e. The van der Waals surface area contributed by atoms with Gasteiger partial charge in [0.1, 0.15) is 50.0 Å². The van der Waals surface area contributed by atoms with Gasteiger partial charge in [0.2, 0.25) is 5.36 Å². The van der Waals surface area contributed by atoms with Crippen molar-refractivity contribution in [3.63, 3.8) is 0 Å². The number of carbonyl (C=O) groups is 4. The van der Waals surface area contributed by atoms with Gasteiger partial charge in [0.15, 0.2) is 0 Å². The predicted octanol–water partition coefficient (Wildman–Crippen LogP) is 1.96. The lowest BCUT2D eigenvalue weighted by atomic mass is 9.82. The molecule has 0 unspecified atom stereocenters. The standard InChI is InChI=1S/C43H48N4O11/c48-35(49)22-44(23-36(50)51)15-16-56-17-18-57-34-21-26(9-10-33(34)47(24-37(52)53)25-38(54)55)39-31-19-27-5-1-11-45-13-3-7-29(40(27)45)42(31)58-43-30-8-4-14-46-12-2-6-28(41(30)46)20-32(39)43/h9-10,19-21H,1-8,11-18,22-25H2,(H3-,48,49,50,51,52,53,54,55)/p+1. The minimum absolute atomic E-state index is 0.00506.